The number of rotatable bonds is 7. The van der Waals surface area contributed by atoms with Gasteiger partial charge in [0.2, 0.25) is 0 Å². The molecular weight excluding hydrogens is 510 g/mol. The van der Waals surface area contributed by atoms with Gasteiger partial charge in [-0.3, -0.25) is 9.11 Å². The van der Waals surface area contributed by atoms with Crippen LogP contribution in [0.4, 0.5) is 11.4 Å². The van der Waals surface area contributed by atoms with Crippen molar-refractivity contribution in [2.75, 3.05) is 38.0 Å². The van der Waals surface area contributed by atoms with Crippen LogP contribution in [-0.2, 0) is 20.2 Å². The molecule has 0 aliphatic heterocycles. The van der Waals surface area contributed by atoms with E-state index >= 15 is 0 Å². The van der Waals surface area contributed by atoms with Crippen molar-refractivity contribution in [3.05, 3.63) is 83.4 Å². The van der Waals surface area contributed by atoms with Crippen molar-refractivity contribution < 1.29 is 85.1 Å². The second-order valence-electron chi connectivity index (χ2n) is 8.02. The zero-order valence-electron chi connectivity index (χ0n) is 20.7. The normalized spacial score (nSPS) is 12.2. The first-order chi connectivity index (χ1) is 15.3. The summed E-state index contributed by atoms with van der Waals surface area (Å²) in [5, 5.41) is 0. The van der Waals surface area contributed by atoms with Crippen molar-refractivity contribution in [2.45, 2.75) is 15.7 Å². The van der Waals surface area contributed by atoms with Crippen molar-refractivity contribution in [1.29, 1.82) is 0 Å². The molecule has 0 spiro atoms. The van der Waals surface area contributed by atoms with Crippen LogP contribution in [0.25, 0.3) is 0 Å². The Hall–Kier alpha value is -0.920. The van der Waals surface area contributed by atoms with E-state index in [2.05, 4.69) is 0 Å². The monoisotopic (exact) mass is 536 g/mol. The predicted molar refractivity (Wildman–Crippen MR) is 129 cm³/mol. The average molecular weight is 537 g/mol. The fraction of sp³-hybridized carbons (Fsp3) is 0.217. The van der Waals surface area contributed by atoms with Crippen LogP contribution in [0.2, 0.25) is 0 Å². The molecule has 8 nitrogen and oxygen atoms in total. The first-order valence-electron chi connectivity index (χ1n) is 9.93. The summed E-state index contributed by atoms with van der Waals surface area (Å²) in [6.07, 6.45) is 0. The van der Waals surface area contributed by atoms with E-state index in [-0.39, 0.29) is 80.0 Å². The molecule has 1 atom stereocenters. The number of nitrogens with zero attached hydrogens (tertiary/aromatic N) is 2. The molecular formula is C23H26N2Na2O6S2+2. The van der Waals surface area contributed by atoms with Crippen molar-refractivity contribution in [2.24, 2.45) is 0 Å². The van der Waals surface area contributed by atoms with E-state index < -0.39 is 26.2 Å². The molecule has 0 heterocycles. The van der Waals surface area contributed by atoms with Crippen molar-refractivity contribution in [1.82, 2.24) is 0 Å². The molecule has 35 heavy (non-hydrogen) atoms. The molecule has 0 aromatic heterocycles. The molecule has 176 valence electrons. The molecule has 0 aliphatic carbocycles. The minimum Gasteiger partial charge on any atom is -0.378 e. The van der Waals surface area contributed by atoms with Gasteiger partial charge in [-0.2, -0.15) is 16.8 Å². The molecule has 3 rings (SSSR count). The van der Waals surface area contributed by atoms with E-state index in [1.165, 1.54) is 24.3 Å². The first kappa shape index (κ1) is 32.1. The van der Waals surface area contributed by atoms with Gasteiger partial charge in [-0.05, 0) is 47.0 Å². The third-order valence-electron chi connectivity index (χ3n) is 5.35. The molecule has 3 aromatic carbocycles. The molecule has 0 radical (unpaired) electrons. The van der Waals surface area contributed by atoms with E-state index in [0.29, 0.717) is 11.3 Å². The van der Waals surface area contributed by atoms with Gasteiger partial charge in [0.15, 0.2) is 0 Å². The Morgan fingerprint density at radius 1 is 0.629 bits per heavy atom. The maximum Gasteiger partial charge on any atom is 1.00 e. The van der Waals surface area contributed by atoms with Gasteiger partial charge in [0.1, 0.15) is 4.90 Å². The molecule has 0 fully saturated rings. The summed E-state index contributed by atoms with van der Waals surface area (Å²) >= 11 is 0. The first-order valence-corrected chi connectivity index (χ1v) is 12.8. The van der Waals surface area contributed by atoms with Crippen LogP contribution in [0.1, 0.15) is 22.6 Å². The third-order valence-corrected chi connectivity index (χ3v) is 7.19. The van der Waals surface area contributed by atoms with Gasteiger partial charge in [0.25, 0.3) is 20.2 Å². The topological polar surface area (TPSA) is 115 Å². The molecule has 0 aliphatic rings. The van der Waals surface area contributed by atoms with Gasteiger partial charge >= 0.3 is 59.1 Å². The van der Waals surface area contributed by atoms with Crippen LogP contribution >= 0.6 is 0 Å². The van der Waals surface area contributed by atoms with E-state index in [0.717, 1.165) is 5.69 Å². The van der Waals surface area contributed by atoms with Gasteiger partial charge in [-0.1, -0.05) is 36.4 Å². The minimum atomic E-state index is -4.67. The van der Waals surface area contributed by atoms with Crippen LogP contribution in [0, 0.1) is 0 Å². The Bertz CT molecular complexity index is 1380. The van der Waals surface area contributed by atoms with Crippen molar-refractivity contribution in [3.8, 4) is 0 Å². The maximum absolute atomic E-state index is 12.4. The Balaban J connectivity index is 0.00000306. The number of anilines is 2. The van der Waals surface area contributed by atoms with Crippen molar-refractivity contribution >= 4 is 31.6 Å². The van der Waals surface area contributed by atoms with Gasteiger partial charge < -0.3 is 9.80 Å². The van der Waals surface area contributed by atoms with E-state index in [1.54, 1.807) is 49.3 Å². The summed E-state index contributed by atoms with van der Waals surface area (Å²) in [4.78, 5) is 2.89. The van der Waals surface area contributed by atoms with E-state index in [4.69, 9.17) is 0 Å². The summed E-state index contributed by atoms with van der Waals surface area (Å²) in [6.45, 7) is 0. The van der Waals surface area contributed by atoms with Crippen LogP contribution in [-0.4, -0.2) is 54.1 Å². The Labute approximate surface area is 251 Å². The molecule has 0 saturated carbocycles. The Morgan fingerprint density at radius 2 is 1.09 bits per heavy atom. The molecule has 1 unspecified atom stereocenters. The van der Waals surface area contributed by atoms with E-state index in [9.17, 15) is 25.9 Å². The molecule has 12 heteroatoms. The zero-order chi connectivity index (χ0) is 24.6. The fourth-order valence-corrected chi connectivity index (χ4v) is 5.20. The van der Waals surface area contributed by atoms with Gasteiger partial charge in [-0.15, -0.1) is 0 Å². The van der Waals surface area contributed by atoms with Crippen LogP contribution in [0.3, 0.4) is 0 Å². The number of hydrogen-bond donors (Lipinski definition) is 2. The molecule has 0 saturated heterocycles. The third kappa shape index (κ3) is 7.54. The molecule has 2 N–H and O–H groups in total. The summed E-state index contributed by atoms with van der Waals surface area (Å²) < 4.78 is 69.0. The summed E-state index contributed by atoms with van der Waals surface area (Å²) in [5.41, 5.74) is 2.37. The predicted octanol–water partition coefficient (Wildman–Crippen LogP) is -2.50. The minimum absolute atomic E-state index is 0. The van der Waals surface area contributed by atoms with Crippen LogP contribution < -0.4 is 68.9 Å². The van der Waals surface area contributed by atoms with Gasteiger partial charge in [0, 0.05) is 45.5 Å². The zero-order valence-corrected chi connectivity index (χ0v) is 26.3. The second-order valence-corrected chi connectivity index (χ2v) is 10.8. The molecule has 0 amide bonds. The SMILES string of the molecule is CN(C)c1ccc(C(c2ccccc2S(=O)(=O)O)c2ccc(N(C)C)cc2S(=O)(=O)O)cc1.[Na+].[Na+]. The maximum atomic E-state index is 12.4. The second kappa shape index (κ2) is 12.6. The van der Waals surface area contributed by atoms with Gasteiger partial charge in [0.05, 0.1) is 4.90 Å². The number of benzene rings is 3. The Morgan fingerprint density at radius 3 is 1.57 bits per heavy atom. The van der Waals surface area contributed by atoms with Gasteiger partial charge in [-0.25, -0.2) is 0 Å². The molecule has 0 bridgehead atoms. The standard InChI is InChI=1S/C23H26N2O6S2.2Na/c1-24(2)17-11-9-16(10-12-17)23(19-7-5-6-8-21(19)32(26,27)28)20-14-13-18(25(3)4)15-22(20)33(29,30)31;;/h5-15,23H,1-4H3,(H,26,27,28)(H,29,30,31);;/q;2*+1. The quantitative estimate of drug-likeness (QED) is 0.194. The average Bonchev–Trinajstić information content (AvgIpc) is 2.73. The summed E-state index contributed by atoms with van der Waals surface area (Å²) in [7, 11) is -2.08. The Kier molecular flexibility index (Phi) is 11.5. The van der Waals surface area contributed by atoms with Crippen LogP contribution in [0.15, 0.2) is 76.5 Å². The summed E-state index contributed by atoms with van der Waals surface area (Å²) in [6, 6.07) is 17.6. The summed E-state index contributed by atoms with van der Waals surface area (Å²) in [5.74, 6) is -0.910. The van der Waals surface area contributed by atoms with E-state index in [1.807, 2.05) is 31.1 Å². The molecule has 3 aromatic rings. The smallest absolute Gasteiger partial charge is 0.378 e. The largest absolute Gasteiger partial charge is 1.00 e. The van der Waals surface area contributed by atoms with Crippen molar-refractivity contribution in [3.63, 3.8) is 0 Å². The fourth-order valence-electron chi connectivity index (χ4n) is 3.71. The number of hydrogen-bond acceptors (Lipinski definition) is 6. The van der Waals surface area contributed by atoms with Crippen LogP contribution in [0.5, 0.6) is 0 Å².